The SMILES string of the molecule is CC(C)n1cnnc1CC1(CC(=O)O)CCCC1. The number of hydrogen-bond acceptors (Lipinski definition) is 3. The van der Waals surface area contributed by atoms with Crippen LogP contribution in [-0.4, -0.2) is 25.8 Å². The van der Waals surface area contributed by atoms with E-state index in [1.807, 2.05) is 4.57 Å². The number of rotatable bonds is 5. The number of carboxylic acids is 1. The van der Waals surface area contributed by atoms with Crippen molar-refractivity contribution in [1.82, 2.24) is 14.8 Å². The monoisotopic (exact) mass is 251 g/mol. The molecule has 5 nitrogen and oxygen atoms in total. The number of aliphatic carboxylic acids is 1. The predicted molar refractivity (Wildman–Crippen MR) is 67.3 cm³/mol. The van der Waals surface area contributed by atoms with Gasteiger partial charge in [0.2, 0.25) is 0 Å². The van der Waals surface area contributed by atoms with Crippen molar-refractivity contribution in [2.24, 2.45) is 5.41 Å². The molecule has 0 spiro atoms. The Hall–Kier alpha value is -1.39. The van der Waals surface area contributed by atoms with Crippen molar-refractivity contribution >= 4 is 5.97 Å². The molecule has 1 aromatic rings. The van der Waals surface area contributed by atoms with Gasteiger partial charge >= 0.3 is 5.97 Å². The van der Waals surface area contributed by atoms with Crippen LogP contribution in [0.5, 0.6) is 0 Å². The topological polar surface area (TPSA) is 68.0 Å². The van der Waals surface area contributed by atoms with E-state index < -0.39 is 5.97 Å². The van der Waals surface area contributed by atoms with Gasteiger partial charge in [-0.3, -0.25) is 4.79 Å². The molecule has 18 heavy (non-hydrogen) atoms. The smallest absolute Gasteiger partial charge is 0.303 e. The molecule has 1 N–H and O–H groups in total. The zero-order valence-corrected chi connectivity index (χ0v) is 11.1. The van der Waals surface area contributed by atoms with Crippen LogP contribution in [0.15, 0.2) is 6.33 Å². The van der Waals surface area contributed by atoms with Gasteiger partial charge in [0.05, 0.1) is 6.42 Å². The maximum Gasteiger partial charge on any atom is 0.303 e. The molecule has 2 rings (SSSR count). The zero-order valence-electron chi connectivity index (χ0n) is 11.1. The lowest BCUT2D eigenvalue weighted by molar-refractivity contribution is -0.139. The Balaban J connectivity index is 2.18. The summed E-state index contributed by atoms with van der Waals surface area (Å²) in [5.74, 6) is 0.223. The van der Waals surface area contributed by atoms with Crippen LogP contribution in [0, 0.1) is 5.41 Å². The second-order valence-electron chi connectivity index (χ2n) is 5.70. The summed E-state index contributed by atoms with van der Waals surface area (Å²) < 4.78 is 2.04. The van der Waals surface area contributed by atoms with Gasteiger partial charge in [0.15, 0.2) is 0 Å². The molecular weight excluding hydrogens is 230 g/mol. The maximum atomic E-state index is 11.1. The highest BCUT2D eigenvalue weighted by Gasteiger charge is 2.37. The van der Waals surface area contributed by atoms with Crippen LogP contribution in [0.2, 0.25) is 0 Å². The summed E-state index contributed by atoms with van der Waals surface area (Å²) in [5, 5.41) is 17.2. The van der Waals surface area contributed by atoms with Crippen molar-refractivity contribution in [2.45, 2.75) is 58.4 Å². The summed E-state index contributed by atoms with van der Waals surface area (Å²) in [4.78, 5) is 11.1. The summed E-state index contributed by atoms with van der Waals surface area (Å²) in [7, 11) is 0. The minimum absolute atomic E-state index is 0.106. The van der Waals surface area contributed by atoms with Gasteiger partial charge in [-0.25, -0.2) is 0 Å². The fourth-order valence-corrected chi connectivity index (χ4v) is 3.02. The molecule has 1 aromatic heterocycles. The second kappa shape index (κ2) is 5.08. The average molecular weight is 251 g/mol. The van der Waals surface area contributed by atoms with Crippen LogP contribution >= 0.6 is 0 Å². The van der Waals surface area contributed by atoms with E-state index in [9.17, 15) is 4.79 Å². The molecule has 1 aliphatic carbocycles. The van der Waals surface area contributed by atoms with Crippen molar-refractivity contribution < 1.29 is 9.90 Å². The van der Waals surface area contributed by atoms with Gasteiger partial charge in [-0.15, -0.1) is 10.2 Å². The molecule has 1 aliphatic rings. The Morgan fingerprint density at radius 3 is 2.72 bits per heavy atom. The molecule has 100 valence electrons. The summed E-state index contributed by atoms with van der Waals surface area (Å²) in [6.45, 7) is 4.18. The van der Waals surface area contributed by atoms with E-state index in [0.29, 0.717) is 6.04 Å². The number of carboxylic acid groups (broad SMARTS) is 1. The summed E-state index contributed by atoms with van der Waals surface area (Å²) in [6, 6.07) is 0.318. The maximum absolute atomic E-state index is 11.1. The first-order valence-electron chi connectivity index (χ1n) is 6.63. The van der Waals surface area contributed by atoms with Crippen LogP contribution in [0.4, 0.5) is 0 Å². The quantitative estimate of drug-likeness (QED) is 0.872. The largest absolute Gasteiger partial charge is 0.481 e. The highest BCUT2D eigenvalue weighted by Crippen LogP contribution is 2.43. The van der Waals surface area contributed by atoms with E-state index >= 15 is 0 Å². The molecular formula is C13H21N3O2. The zero-order chi connectivity index (χ0) is 13.2. The minimum atomic E-state index is -0.701. The number of nitrogens with zero attached hydrogens (tertiary/aromatic N) is 3. The fourth-order valence-electron chi connectivity index (χ4n) is 3.02. The van der Waals surface area contributed by atoms with Gasteiger partial charge in [0.25, 0.3) is 0 Å². The molecule has 0 bridgehead atoms. The lowest BCUT2D eigenvalue weighted by Gasteiger charge is -2.27. The lowest BCUT2D eigenvalue weighted by Crippen LogP contribution is -2.25. The number of carbonyl (C=O) groups is 1. The molecule has 0 aliphatic heterocycles. The first-order chi connectivity index (χ1) is 8.52. The van der Waals surface area contributed by atoms with E-state index in [-0.39, 0.29) is 11.8 Å². The highest BCUT2D eigenvalue weighted by atomic mass is 16.4. The van der Waals surface area contributed by atoms with Crippen LogP contribution in [0.3, 0.4) is 0 Å². The van der Waals surface area contributed by atoms with Gasteiger partial charge in [-0.05, 0) is 32.1 Å². The fraction of sp³-hybridized carbons (Fsp3) is 0.769. The molecule has 0 saturated heterocycles. The van der Waals surface area contributed by atoms with Crippen LogP contribution < -0.4 is 0 Å². The van der Waals surface area contributed by atoms with E-state index in [2.05, 4.69) is 24.0 Å². The molecule has 0 unspecified atom stereocenters. The van der Waals surface area contributed by atoms with Gasteiger partial charge in [-0.2, -0.15) is 0 Å². The van der Waals surface area contributed by atoms with Gasteiger partial charge in [-0.1, -0.05) is 12.8 Å². The number of hydrogen-bond donors (Lipinski definition) is 1. The number of aromatic nitrogens is 3. The van der Waals surface area contributed by atoms with E-state index in [0.717, 1.165) is 37.9 Å². The molecule has 0 radical (unpaired) electrons. The molecule has 5 heteroatoms. The van der Waals surface area contributed by atoms with Crippen molar-refractivity contribution in [3.63, 3.8) is 0 Å². The van der Waals surface area contributed by atoms with E-state index in [4.69, 9.17) is 5.11 Å². The minimum Gasteiger partial charge on any atom is -0.481 e. The Morgan fingerprint density at radius 2 is 2.17 bits per heavy atom. The van der Waals surface area contributed by atoms with Crippen molar-refractivity contribution in [1.29, 1.82) is 0 Å². The third-order valence-corrected chi connectivity index (χ3v) is 3.93. The summed E-state index contributed by atoms with van der Waals surface area (Å²) in [5.41, 5.74) is -0.106. The third-order valence-electron chi connectivity index (χ3n) is 3.93. The molecule has 1 saturated carbocycles. The molecule has 1 fully saturated rings. The van der Waals surface area contributed by atoms with Crippen LogP contribution in [0.25, 0.3) is 0 Å². The van der Waals surface area contributed by atoms with Crippen molar-refractivity contribution in [3.05, 3.63) is 12.2 Å². The summed E-state index contributed by atoms with van der Waals surface area (Å²) in [6.07, 6.45) is 6.96. The normalized spacial score (nSPS) is 18.4. The molecule has 0 atom stereocenters. The molecule has 1 heterocycles. The Kier molecular flexibility index (Phi) is 3.68. The standard InChI is InChI=1S/C13H21N3O2/c1-10(2)16-9-14-15-11(16)7-13(8-12(17)18)5-3-4-6-13/h9-10H,3-8H2,1-2H3,(H,17,18). The second-order valence-corrected chi connectivity index (χ2v) is 5.70. The van der Waals surface area contributed by atoms with Crippen molar-refractivity contribution in [3.8, 4) is 0 Å². The lowest BCUT2D eigenvalue weighted by atomic mass is 9.79. The van der Waals surface area contributed by atoms with E-state index in [1.54, 1.807) is 6.33 Å². The van der Waals surface area contributed by atoms with Gasteiger partial charge in [0, 0.05) is 12.5 Å². The highest BCUT2D eigenvalue weighted by molar-refractivity contribution is 5.67. The molecule has 0 amide bonds. The van der Waals surface area contributed by atoms with Crippen LogP contribution in [0.1, 0.15) is 57.8 Å². The first-order valence-corrected chi connectivity index (χ1v) is 6.63. The van der Waals surface area contributed by atoms with Crippen LogP contribution in [-0.2, 0) is 11.2 Å². The Bertz CT molecular complexity index is 420. The average Bonchev–Trinajstić information content (AvgIpc) is 2.87. The van der Waals surface area contributed by atoms with Gasteiger partial charge < -0.3 is 9.67 Å². The Morgan fingerprint density at radius 1 is 1.50 bits per heavy atom. The summed E-state index contributed by atoms with van der Waals surface area (Å²) >= 11 is 0. The van der Waals surface area contributed by atoms with E-state index in [1.165, 1.54) is 0 Å². The van der Waals surface area contributed by atoms with Crippen molar-refractivity contribution in [2.75, 3.05) is 0 Å². The molecule has 0 aromatic carbocycles. The first kappa shape index (κ1) is 13.1. The predicted octanol–water partition coefficient (Wildman–Crippen LogP) is 2.44. The van der Waals surface area contributed by atoms with Gasteiger partial charge in [0.1, 0.15) is 12.2 Å². The third kappa shape index (κ3) is 2.71. The Labute approximate surface area is 107 Å².